The van der Waals surface area contributed by atoms with Crippen LogP contribution in [0.25, 0.3) is 0 Å². The number of carbonyl (C=O) groups is 1. The lowest BCUT2D eigenvalue weighted by molar-refractivity contribution is -0.137. The van der Waals surface area contributed by atoms with E-state index in [-0.39, 0.29) is 11.5 Å². The van der Waals surface area contributed by atoms with E-state index in [1.165, 1.54) is 0 Å². The molecule has 0 N–H and O–H groups in total. The summed E-state index contributed by atoms with van der Waals surface area (Å²) in [4.78, 5) is 16.7. The fourth-order valence-corrected chi connectivity index (χ4v) is 3.17. The van der Waals surface area contributed by atoms with E-state index in [1.54, 1.807) is 6.20 Å². The average Bonchev–Trinajstić information content (AvgIpc) is 2.93. The quantitative estimate of drug-likeness (QED) is 0.845. The summed E-state index contributed by atoms with van der Waals surface area (Å²) in [6.07, 6.45) is 5.70. The van der Waals surface area contributed by atoms with Crippen LogP contribution in [-0.2, 0) is 20.7 Å². The van der Waals surface area contributed by atoms with Gasteiger partial charge in [-0.2, -0.15) is 0 Å². The van der Waals surface area contributed by atoms with Crippen molar-refractivity contribution in [3.63, 3.8) is 0 Å². The lowest BCUT2D eigenvalue weighted by Crippen LogP contribution is -2.42. The van der Waals surface area contributed by atoms with Crippen LogP contribution in [0.3, 0.4) is 0 Å². The van der Waals surface area contributed by atoms with Crippen molar-refractivity contribution in [2.45, 2.75) is 37.7 Å². The number of ether oxygens (including phenoxy) is 2. The third-order valence-electron chi connectivity index (χ3n) is 4.37. The van der Waals surface area contributed by atoms with E-state index in [1.807, 2.05) is 18.2 Å². The van der Waals surface area contributed by atoms with Crippen molar-refractivity contribution >= 4 is 5.78 Å². The Hall–Kier alpha value is -1.26. The molecule has 0 saturated carbocycles. The smallest absolute Gasteiger partial charge is 0.136 e. The number of rotatable bonds is 4. The molecule has 20 heavy (non-hydrogen) atoms. The number of aromatic nitrogens is 1. The predicted octanol–water partition coefficient (Wildman–Crippen LogP) is 2.17. The second-order valence-corrected chi connectivity index (χ2v) is 5.81. The van der Waals surface area contributed by atoms with Crippen LogP contribution in [0.2, 0.25) is 0 Å². The Kier molecular flexibility index (Phi) is 4.13. The van der Waals surface area contributed by atoms with Crippen LogP contribution >= 0.6 is 0 Å². The Labute approximate surface area is 119 Å². The molecule has 0 aromatic carbocycles. The van der Waals surface area contributed by atoms with Gasteiger partial charge in [0.15, 0.2) is 0 Å². The minimum atomic E-state index is -0.177. The predicted molar refractivity (Wildman–Crippen MR) is 74.4 cm³/mol. The van der Waals surface area contributed by atoms with Gasteiger partial charge in [-0.3, -0.25) is 9.78 Å². The number of aryl methyl sites for hydroxylation is 1. The summed E-state index contributed by atoms with van der Waals surface area (Å²) in [6, 6.07) is 5.84. The molecule has 2 aliphatic rings. The summed E-state index contributed by atoms with van der Waals surface area (Å²) in [5.74, 6) is 0.486. The number of Topliss-reactive ketones (excluding diaryl/α,β-unsaturated/α-hetero) is 1. The van der Waals surface area contributed by atoms with E-state index in [0.29, 0.717) is 25.4 Å². The first kappa shape index (κ1) is 13.7. The Balaban J connectivity index is 1.54. The van der Waals surface area contributed by atoms with Crippen molar-refractivity contribution < 1.29 is 14.3 Å². The Morgan fingerprint density at radius 2 is 2.35 bits per heavy atom. The Morgan fingerprint density at radius 3 is 3.10 bits per heavy atom. The molecule has 1 spiro atoms. The highest BCUT2D eigenvalue weighted by atomic mass is 16.6. The van der Waals surface area contributed by atoms with E-state index in [2.05, 4.69) is 4.98 Å². The number of carbonyl (C=O) groups excluding carboxylic acids is 1. The first-order valence-corrected chi connectivity index (χ1v) is 7.42. The standard InChI is InChI=1S/C16H21NO3/c18-15(5-4-14-3-1-2-8-17-14)13-6-9-20-16(11-13)7-10-19-12-16/h1-3,8,13H,4-7,9-12H2. The van der Waals surface area contributed by atoms with Crippen LogP contribution in [0.1, 0.15) is 31.4 Å². The molecular weight excluding hydrogens is 254 g/mol. The van der Waals surface area contributed by atoms with E-state index < -0.39 is 0 Å². The summed E-state index contributed by atoms with van der Waals surface area (Å²) in [5.41, 5.74) is 0.815. The van der Waals surface area contributed by atoms with Gasteiger partial charge in [0, 0.05) is 43.9 Å². The third-order valence-corrected chi connectivity index (χ3v) is 4.37. The van der Waals surface area contributed by atoms with Gasteiger partial charge in [-0.1, -0.05) is 6.07 Å². The molecule has 3 heterocycles. The molecule has 108 valence electrons. The molecule has 1 aromatic heterocycles. The van der Waals surface area contributed by atoms with E-state index in [9.17, 15) is 4.79 Å². The molecule has 2 unspecified atom stereocenters. The van der Waals surface area contributed by atoms with E-state index >= 15 is 0 Å². The average molecular weight is 275 g/mol. The molecule has 0 radical (unpaired) electrons. The molecule has 3 rings (SSSR count). The van der Waals surface area contributed by atoms with Crippen LogP contribution in [0.4, 0.5) is 0 Å². The number of hydrogen-bond donors (Lipinski definition) is 0. The highest BCUT2D eigenvalue weighted by Crippen LogP contribution is 2.36. The van der Waals surface area contributed by atoms with Crippen LogP contribution < -0.4 is 0 Å². The molecular formula is C16H21NO3. The molecule has 0 amide bonds. The molecule has 1 aromatic rings. The highest BCUT2D eigenvalue weighted by molar-refractivity contribution is 5.81. The molecule has 4 heteroatoms. The lowest BCUT2D eigenvalue weighted by Gasteiger charge is -2.36. The molecule has 2 aliphatic heterocycles. The largest absolute Gasteiger partial charge is 0.378 e. The molecule has 2 atom stereocenters. The second kappa shape index (κ2) is 6.02. The van der Waals surface area contributed by atoms with Crippen molar-refractivity contribution in [2.75, 3.05) is 19.8 Å². The fourth-order valence-electron chi connectivity index (χ4n) is 3.17. The van der Waals surface area contributed by atoms with Gasteiger partial charge in [-0.05, 0) is 31.4 Å². The SMILES string of the molecule is O=C(CCc1ccccn1)C1CCOC2(CCOC2)C1. The van der Waals surface area contributed by atoms with Gasteiger partial charge in [0.05, 0.1) is 12.2 Å². The first-order chi connectivity index (χ1) is 9.77. The van der Waals surface area contributed by atoms with Crippen molar-refractivity contribution in [3.05, 3.63) is 30.1 Å². The van der Waals surface area contributed by atoms with Gasteiger partial charge >= 0.3 is 0 Å². The maximum atomic E-state index is 12.4. The summed E-state index contributed by atoms with van der Waals surface area (Å²) in [6.45, 7) is 2.09. The summed E-state index contributed by atoms with van der Waals surface area (Å²) in [5, 5.41) is 0. The van der Waals surface area contributed by atoms with Gasteiger partial charge in [-0.15, -0.1) is 0 Å². The topological polar surface area (TPSA) is 48.4 Å². The van der Waals surface area contributed by atoms with Crippen LogP contribution in [-0.4, -0.2) is 36.2 Å². The van der Waals surface area contributed by atoms with Crippen molar-refractivity contribution in [3.8, 4) is 0 Å². The molecule has 2 saturated heterocycles. The van der Waals surface area contributed by atoms with Crippen LogP contribution in [0.15, 0.2) is 24.4 Å². The van der Waals surface area contributed by atoms with Gasteiger partial charge in [0.25, 0.3) is 0 Å². The zero-order valence-electron chi connectivity index (χ0n) is 11.7. The normalized spacial score (nSPS) is 29.7. The van der Waals surface area contributed by atoms with E-state index in [4.69, 9.17) is 9.47 Å². The van der Waals surface area contributed by atoms with Crippen molar-refractivity contribution in [2.24, 2.45) is 5.92 Å². The number of hydrogen-bond acceptors (Lipinski definition) is 4. The summed E-state index contributed by atoms with van der Waals surface area (Å²) in [7, 11) is 0. The van der Waals surface area contributed by atoms with Gasteiger partial charge in [-0.25, -0.2) is 0 Å². The van der Waals surface area contributed by atoms with Gasteiger partial charge in [0.2, 0.25) is 0 Å². The molecule has 4 nitrogen and oxygen atoms in total. The van der Waals surface area contributed by atoms with E-state index in [0.717, 1.165) is 38.0 Å². The zero-order valence-corrected chi connectivity index (χ0v) is 11.7. The zero-order chi connectivity index (χ0) is 13.8. The summed E-state index contributed by atoms with van der Waals surface area (Å²) >= 11 is 0. The molecule has 0 bridgehead atoms. The number of pyridine rings is 1. The second-order valence-electron chi connectivity index (χ2n) is 5.81. The fraction of sp³-hybridized carbons (Fsp3) is 0.625. The van der Waals surface area contributed by atoms with Crippen LogP contribution in [0.5, 0.6) is 0 Å². The summed E-state index contributed by atoms with van der Waals surface area (Å²) < 4.78 is 11.3. The first-order valence-electron chi connectivity index (χ1n) is 7.42. The third kappa shape index (κ3) is 3.07. The van der Waals surface area contributed by atoms with Crippen molar-refractivity contribution in [1.82, 2.24) is 4.98 Å². The minimum absolute atomic E-state index is 0.133. The molecule has 2 fully saturated rings. The van der Waals surface area contributed by atoms with Gasteiger partial charge in [0.1, 0.15) is 5.78 Å². The maximum Gasteiger partial charge on any atom is 0.136 e. The maximum absolute atomic E-state index is 12.4. The lowest BCUT2D eigenvalue weighted by atomic mass is 9.82. The Bertz CT molecular complexity index is 454. The van der Waals surface area contributed by atoms with Crippen LogP contribution in [0, 0.1) is 5.92 Å². The number of ketones is 1. The minimum Gasteiger partial charge on any atom is -0.378 e. The molecule has 0 aliphatic carbocycles. The highest BCUT2D eigenvalue weighted by Gasteiger charge is 2.42. The van der Waals surface area contributed by atoms with Crippen molar-refractivity contribution in [1.29, 1.82) is 0 Å². The number of nitrogens with zero attached hydrogens (tertiary/aromatic N) is 1. The van der Waals surface area contributed by atoms with Gasteiger partial charge < -0.3 is 9.47 Å². The Morgan fingerprint density at radius 1 is 1.40 bits per heavy atom. The monoisotopic (exact) mass is 275 g/mol.